The van der Waals surface area contributed by atoms with Crippen molar-refractivity contribution in [3.63, 3.8) is 0 Å². The van der Waals surface area contributed by atoms with E-state index in [1.807, 2.05) is 6.08 Å². The fourth-order valence-electron chi connectivity index (χ4n) is 1.98. The monoisotopic (exact) mass is 266 g/mol. The molecular weight excluding hydrogens is 252 g/mol. The number of nitrogens with one attached hydrogen (secondary N) is 2. The van der Waals surface area contributed by atoms with Crippen molar-refractivity contribution in [2.75, 3.05) is 12.4 Å². The Bertz CT molecular complexity index is 511. The number of carboxylic acids is 1. The first kappa shape index (κ1) is 13.1. The number of carbonyl (C=O) groups is 2. The van der Waals surface area contributed by atoms with E-state index in [0.717, 1.165) is 0 Å². The van der Waals surface area contributed by atoms with E-state index in [-0.39, 0.29) is 12.0 Å². The highest BCUT2D eigenvalue weighted by Crippen LogP contribution is 2.26. The third kappa shape index (κ3) is 2.90. The molecule has 2 rings (SSSR count). The largest absolute Gasteiger partial charge is 0.481 e. The number of methoxy groups -OCH3 is 1. The third-order valence-corrected chi connectivity index (χ3v) is 2.98. The number of carbonyl (C=O) groups excluding carboxylic acids is 1. The fourth-order valence-corrected chi connectivity index (χ4v) is 1.98. The molecule has 8 nitrogen and oxygen atoms in total. The van der Waals surface area contributed by atoms with Crippen molar-refractivity contribution >= 4 is 17.8 Å². The van der Waals surface area contributed by atoms with Gasteiger partial charge in [-0.25, -0.2) is 5.10 Å². The number of hydrogen-bond donors (Lipinski definition) is 3. The lowest BCUT2D eigenvalue weighted by Crippen LogP contribution is -2.35. The van der Waals surface area contributed by atoms with E-state index in [1.165, 1.54) is 7.11 Å². The second-order valence-electron chi connectivity index (χ2n) is 4.15. The molecule has 0 spiro atoms. The Morgan fingerprint density at radius 2 is 2.11 bits per heavy atom. The van der Waals surface area contributed by atoms with Crippen LogP contribution in [0, 0.1) is 11.8 Å². The Hall–Kier alpha value is -2.38. The van der Waals surface area contributed by atoms with Crippen LogP contribution in [-0.2, 0) is 9.59 Å². The maximum atomic E-state index is 12.0. The molecular formula is C11H14N4O4. The first-order valence-electron chi connectivity index (χ1n) is 5.77. The lowest BCUT2D eigenvalue weighted by Gasteiger charge is -2.23. The SMILES string of the molecule is COc1n[nH]c(NC(=O)C2CC=CCC2C(=O)O)n1. The minimum atomic E-state index is -0.973. The number of carboxylic acid groups (broad SMARTS) is 1. The van der Waals surface area contributed by atoms with Gasteiger partial charge in [0.05, 0.1) is 18.9 Å². The molecule has 0 aliphatic heterocycles. The highest BCUT2D eigenvalue weighted by molar-refractivity contribution is 5.94. The second-order valence-corrected chi connectivity index (χ2v) is 4.15. The number of rotatable bonds is 4. The molecule has 2 atom stereocenters. The molecule has 0 bridgehead atoms. The van der Waals surface area contributed by atoms with Crippen molar-refractivity contribution in [2.24, 2.45) is 11.8 Å². The quantitative estimate of drug-likeness (QED) is 0.680. The number of aromatic amines is 1. The molecule has 1 amide bonds. The molecule has 3 N–H and O–H groups in total. The van der Waals surface area contributed by atoms with Gasteiger partial charge in [0.15, 0.2) is 0 Å². The van der Waals surface area contributed by atoms with Gasteiger partial charge in [-0.3, -0.25) is 14.9 Å². The van der Waals surface area contributed by atoms with Gasteiger partial charge in [-0.2, -0.15) is 4.98 Å². The fraction of sp³-hybridized carbons (Fsp3) is 0.455. The molecule has 19 heavy (non-hydrogen) atoms. The average molecular weight is 266 g/mol. The van der Waals surface area contributed by atoms with E-state index in [4.69, 9.17) is 9.84 Å². The number of allylic oxidation sites excluding steroid dienone is 2. The van der Waals surface area contributed by atoms with E-state index in [9.17, 15) is 9.59 Å². The van der Waals surface area contributed by atoms with Crippen molar-refractivity contribution in [1.82, 2.24) is 15.2 Å². The topological polar surface area (TPSA) is 117 Å². The molecule has 0 aromatic carbocycles. The summed E-state index contributed by atoms with van der Waals surface area (Å²) in [4.78, 5) is 27.0. The summed E-state index contributed by atoms with van der Waals surface area (Å²) in [6.07, 6.45) is 4.34. The highest BCUT2D eigenvalue weighted by Gasteiger charge is 2.34. The zero-order valence-electron chi connectivity index (χ0n) is 10.3. The normalized spacial score (nSPS) is 21.9. The molecule has 1 heterocycles. The number of ether oxygens (including phenoxy) is 1. The number of hydrogen-bond acceptors (Lipinski definition) is 5. The minimum Gasteiger partial charge on any atom is -0.481 e. The van der Waals surface area contributed by atoms with Gasteiger partial charge in [-0.05, 0) is 12.8 Å². The molecule has 102 valence electrons. The maximum Gasteiger partial charge on any atom is 0.336 e. The lowest BCUT2D eigenvalue weighted by molar-refractivity contribution is -0.146. The van der Waals surface area contributed by atoms with Gasteiger partial charge in [-0.1, -0.05) is 12.2 Å². The summed E-state index contributed by atoms with van der Waals surface area (Å²) in [6, 6.07) is 0.105. The number of H-pyrrole nitrogens is 1. The van der Waals surface area contributed by atoms with Crippen LogP contribution in [0.1, 0.15) is 12.8 Å². The Morgan fingerprint density at radius 3 is 2.68 bits per heavy atom. The lowest BCUT2D eigenvalue weighted by atomic mass is 9.82. The Kier molecular flexibility index (Phi) is 3.79. The summed E-state index contributed by atoms with van der Waals surface area (Å²) in [6.45, 7) is 0. The zero-order valence-corrected chi connectivity index (χ0v) is 10.3. The standard InChI is InChI=1S/C11H14N4O4/c1-19-11-13-10(14-15-11)12-8(16)6-4-2-3-5-7(6)9(17)18/h2-3,6-7H,4-5H2,1H3,(H,17,18)(H2,12,13,14,15,16). The van der Waals surface area contributed by atoms with Crippen molar-refractivity contribution in [2.45, 2.75) is 12.8 Å². The van der Waals surface area contributed by atoms with Gasteiger partial charge in [0.1, 0.15) is 0 Å². The van der Waals surface area contributed by atoms with Gasteiger partial charge in [-0.15, -0.1) is 5.10 Å². The Morgan fingerprint density at radius 1 is 1.42 bits per heavy atom. The van der Waals surface area contributed by atoms with E-state index < -0.39 is 23.7 Å². The van der Waals surface area contributed by atoms with Crippen LogP contribution in [-0.4, -0.2) is 39.3 Å². The Labute approximate surface area is 108 Å². The van der Waals surface area contributed by atoms with E-state index >= 15 is 0 Å². The minimum absolute atomic E-state index is 0.105. The maximum absolute atomic E-state index is 12.0. The summed E-state index contributed by atoms with van der Waals surface area (Å²) in [5, 5.41) is 17.8. The molecule has 1 aromatic heterocycles. The van der Waals surface area contributed by atoms with Gasteiger partial charge in [0.2, 0.25) is 11.9 Å². The number of aliphatic carboxylic acids is 1. The van der Waals surface area contributed by atoms with Crippen molar-refractivity contribution < 1.29 is 19.4 Å². The van der Waals surface area contributed by atoms with Gasteiger partial charge < -0.3 is 9.84 Å². The molecule has 8 heteroatoms. The van der Waals surface area contributed by atoms with Crippen LogP contribution < -0.4 is 10.1 Å². The van der Waals surface area contributed by atoms with Crippen molar-refractivity contribution in [3.8, 4) is 6.01 Å². The first-order chi connectivity index (χ1) is 9.11. The molecule has 1 aromatic rings. The molecule has 0 saturated carbocycles. The molecule has 1 aliphatic carbocycles. The summed E-state index contributed by atoms with van der Waals surface area (Å²) in [7, 11) is 1.40. The van der Waals surface area contributed by atoms with Crippen LogP contribution in [0.3, 0.4) is 0 Å². The van der Waals surface area contributed by atoms with E-state index in [1.54, 1.807) is 6.08 Å². The summed E-state index contributed by atoms with van der Waals surface area (Å²) in [5.41, 5.74) is 0. The van der Waals surface area contributed by atoms with Crippen LogP contribution in [0.5, 0.6) is 6.01 Å². The summed E-state index contributed by atoms with van der Waals surface area (Å²) >= 11 is 0. The van der Waals surface area contributed by atoms with Gasteiger partial charge in [0, 0.05) is 0 Å². The second kappa shape index (κ2) is 5.51. The number of nitrogens with zero attached hydrogens (tertiary/aromatic N) is 2. The molecule has 0 radical (unpaired) electrons. The molecule has 0 saturated heterocycles. The number of aromatic nitrogens is 3. The molecule has 0 fully saturated rings. The van der Waals surface area contributed by atoms with Crippen LogP contribution in [0.15, 0.2) is 12.2 Å². The van der Waals surface area contributed by atoms with Crippen LogP contribution >= 0.6 is 0 Å². The molecule has 2 unspecified atom stereocenters. The third-order valence-electron chi connectivity index (χ3n) is 2.98. The smallest absolute Gasteiger partial charge is 0.336 e. The van der Waals surface area contributed by atoms with E-state index in [2.05, 4.69) is 20.5 Å². The first-order valence-corrected chi connectivity index (χ1v) is 5.77. The predicted molar refractivity (Wildman–Crippen MR) is 64.6 cm³/mol. The van der Waals surface area contributed by atoms with Crippen LogP contribution in [0.2, 0.25) is 0 Å². The summed E-state index contributed by atoms with van der Waals surface area (Å²) < 4.78 is 4.77. The van der Waals surface area contributed by atoms with Crippen LogP contribution in [0.4, 0.5) is 5.95 Å². The van der Waals surface area contributed by atoms with Crippen molar-refractivity contribution in [1.29, 1.82) is 0 Å². The van der Waals surface area contributed by atoms with Gasteiger partial charge >= 0.3 is 12.0 Å². The van der Waals surface area contributed by atoms with E-state index in [0.29, 0.717) is 12.8 Å². The van der Waals surface area contributed by atoms with Crippen LogP contribution in [0.25, 0.3) is 0 Å². The number of amides is 1. The highest BCUT2D eigenvalue weighted by atomic mass is 16.5. The number of anilines is 1. The average Bonchev–Trinajstić information content (AvgIpc) is 2.86. The molecule has 1 aliphatic rings. The Balaban J connectivity index is 2.05. The van der Waals surface area contributed by atoms with Crippen molar-refractivity contribution in [3.05, 3.63) is 12.2 Å². The predicted octanol–water partition coefficient (Wildman–Crippen LogP) is 0.419. The summed E-state index contributed by atoms with van der Waals surface area (Å²) in [5.74, 6) is -2.55. The van der Waals surface area contributed by atoms with Gasteiger partial charge in [0.25, 0.3) is 0 Å². The zero-order chi connectivity index (χ0) is 13.8.